The Morgan fingerprint density at radius 1 is 0.966 bits per heavy atom. The van der Waals surface area contributed by atoms with Gasteiger partial charge in [0.2, 0.25) is 5.91 Å². The highest BCUT2D eigenvalue weighted by atomic mass is 16.5. The van der Waals surface area contributed by atoms with E-state index in [9.17, 15) is 9.59 Å². The van der Waals surface area contributed by atoms with Gasteiger partial charge in [-0.25, -0.2) is 4.79 Å². The van der Waals surface area contributed by atoms with Gasteiger partial charge in [-0.3, -0.25) is 9.79 Å². The molecule has 4 rings (SSSR count). The normalized spacial score (nSPS) is 15.5. The maximum Gasteiger partial charge on any atom is 0.341 e. The van der Waals surface area contributed by atoms with Gasteiger partial charge in [0.25, 0.3) is 0 Å². The Morgan fingerprint density at radius 2 is 1.66 bits per heavy atom. The largest absolute Gasteiger partial charge is 0.482 e. The van der Waals surface area contributed by atoms with Crippen molar-refractivity contribution < 1.29 is 19.4 Å². The highest BCUT2D eigenvalue weighted by Gasteiger charge is 2.35. The summed E-state index contributed by atoms with van der Waals surface area (Å²) < 4.78 is 5.16. The third kappa shape index (κ3) is 4.01. The number of nitrogens with one attached hydrogen (secondary N) is 1. The first-order valence-electron chi connectivity index (χ1n) is 9.10. The van der Waals surface area contributed by atoms with Gasteiger partial charge in [-0.15, -0.1) is 0 Å². The zero-order chi connectivity index (χ0) is 20.2. The van der Waals surface area contributed by atoms with E-state index in [2.05, 4.69) is 5.32 Å². The van der Waals surface area contributed by atoms with Crippen molar-refractivity contribution in [1.82, 2.24) is 0 Å². The van der Waals surface area contributed by atoms with E-state index in [1.54, 1.807) is 24.3 Å². The number of hydrogen-bond acceptors (Lipinski definition) is 4. The Bertz CT molecular complexity index is 1080. The number of ether oxygens (including phenoxy) is 1. The van der Waals surface area contributed by atoms with Crippen LogP contribution < -0.4 is 10.1 Å². The summed E-state index contributed by atoms with van der Waals surface area (Å²) >= 11 is 0. The minimum atomic E-state index is -1.04. The van der Waals surface area contributed by atoms with Crippen LogP contribution in [0.5, 0.6) is 5.75 Å². The number of carbonyl (C=O) groups is 2. The summed E-state index contributed by atoms with van der Waals surface area (Å²) in [6, 6.07) is 24.0. The maximum absolute atomic E-state index is 12.8. The number of benzene rings is 3. The number of aliphatic carboxylic acids is 1. The zero-order valence-electron chi connectivity index (χ0n) is 15.4. The number of hydrogen-bond donors (Lipinski definition) is 2. The second kappa shape index (κ2) is 7.98. The third-order valence-electron chi connectivity index (χ3n) is 4.58. The molecule has 0 radical (unpaired) electrons. The molecule has 0 spiro atoms. The molecule has 3 aromatic carbocycles. The molecule has 0 fully saturated rings. The first-order valence-corrected chi connectivity index (χ1v) is 9.10. The van der Waals surface area contributed by atoms with E-state index in [1.165, 1.54) is 0 Å². The molecule has 3 aromatic rings. The average Bonchev–Trinajstić information content (AvgIpc) is 3.07. The number of amides is 1. The van der Waals surface area contributed by atoms with Crippen LogP contribution >= 0.6 is 0 Å². The molecule has 1 aliphatic heterocycles. The molecule has 1 amide bonds. The lowest BCUT2D eigenvalue weighted by Gasteiger charge is -2.14. The minimum absolute atomic E-state index is 0.116. The van der Waals surface area contributed by atoms with Gasteiger partial charge in [-0.1, -0.05) is 48.5 Å². The molecular weight excluding hydrogens is 368 g/mol. The Balaban J connectivity index is 1.73. The molecule has 6 heteroatoms. The molecule has 6 nitrogen and oxygen atoms in total. The summed E-state index contributed by atoms with van der Waals surface area (Å²) in [6.07, 6.45) is 0. The smallest absolute Gasteiger partial charge is 0.341 e. The summed E-state index contributed by atoms with van der Waals surface area (Å²) in [5.41, 5.74) is 3.83. The molecule has 1 unspecified atom stereocenters. The van der Waals surface area contributed by atoms with Crippen LogP contribution in [0.2, 0.25) is 0 Å². The van der Waals surface area contributed by atoms with Crippen LogP contribution in [0.3, 0.4) is 0 Å². The van der Waals surface area contributed by atoms with Gasteiger partial charge in [0, 0.05) is 5.69 Å². The molecule has 0 saturated carbocycles. The molecule has 0 saturated heterocycles. The second-order valence-corrected chi connectivity index (χ2v) is 6.55. The lowest BCUT2D eigenvalue weighted by Crippen LogP contribution is -2.21. The lowest BCUT2D eigenvalue weighted by molar-refractivity contribution is -0.139. The van der Waals surface area contributed by atoms with Gasteiger partial charge in [0.15, 0.2) is 6.61 Å². The SMILES string of the molecule is O=C(O)COc1ccc(N=C(c2ccccc2)C2C(=O)Nc3ccccc32)cc1. The number of para-hydroxylation sites is 1. The summed E-state index contributed by atoms with van der Waals surface area (Å²) in [6.45, 7) is -0.406. The predicted octanol–water partition coefficient (Wildman–Crippen LogP) is 4.01. The Hall–Kier alpha value is -3.93. The fourth-order valence-corrected chi connectivity index (χ4v) is 3.29. The molecule has 0 bridgehead atoms. The monoisotopic (exact) mass is 386 g/mol. The van der Waals surface area contributed by atoms with Gasteiger partial charge < -0.3 is 15.2 Å². The van der Waals surface area contributed by atoms with E-state index in [4.69, 9.17) is 14.8 Å². The standard InChI is InChI=1S/C23H18N2O4/c26-20(27)14-29-17-12-10-16(11-13-17)24-22(15-6-2-1-3-7-15)21-18-8-4-5-9-19(18)25-23(21)28/h1-13,21H,14H2,(H,25,28)(H,26,27). The molecule has 0 aliphatic carbocycles. The van der Waals surface area contributed by atoms with Crippen molar-refractivity contribution in [3.05, 3.63) is 90.0 Å². The van der Waals surface area contributed by atoms with E-state index >= 15 is 0 Å². The quantitative estimate of drug-likeness (QED) is 0.627. The van der Waals surface area contributed by atoms with E-state index in [1.807, 2.05) is 54.6 Å². The van der Waals surface area contributed by atoms with Crippen molar-refractivity contribution in [2.24, 2.45) is 4.99 Å². The maximum atomic E-state index is 12.8. The fraction of sp³-hybridized carbons (Fsp3) is 0.0870. The summed E-state index contributed by atoms with van der Waals surface area (Å²) in [5.74, 6) is -1.23. The lowest BCUT2D eigenvalue weighted by atomic mass is 9.90. The Morgan fingerprint density at radius 3 is 2.38 bits per heavy atom. The number of carboxylic acids is 1. The highest BCUT2D eigenvalue weighted by molar-refractivity contribution is 6.24. The van der Waals surface area contributed by atoms with Crippen LogP contribution in [0.15, 0.2) is 83.9 Å². The summed E-state index contributed by atoms with van der Waals surface area (Å²) in [4.78, 5) is 28.2. The highest BCUT2D eigenvalue weighted by Crippen LogP contribution is 2.36. The molecule has 29 heavy (non-hydrogen) atoms. The molecular formula is C23H18N2O4. The number of anilines is 1. The zero-order valence-corrected chi connectivity index (χ0v) is 15.4. The van der Waals surface area contributed by atoms with Gasteiger partial charge in [0.05, 0.1) is 11.4 Å². The third-order valence-corrected chi connectivity index (χ3v) is 4.58. The number of carbonyl (C=O) groups excluding carboxylic acids is 1. The molecule has 1 heterocycles. The van der Waals surface area contributed by atoms with Crippen LogP contribution in [0.4, 0.5) is 11.4 Å². The van der Waals surface area contributed by atoms with Crippen molar-refractivity contribution in [3.8, 4) is 5.75 Å². The summed E-state index contributed by atoms with van der Waals surface area (Å²) in [7, 11) is 0. The topological polar surface area (TPSA) is 88.0 Å². The number of rotatable bonds is 6. The number of carboxylic acid groups (broad SMARTS) is 1. The van der Waals surface area contributed by atoms with E-state index in [0.717, 1.165) is 16.8 Å². The fourth-order valence-electron chi connectivity index (χ4n) is 3.29. The average molecular weight is 386 g/mol. The van der Waals surface area contributed by atoms with E-state index < -0.39 is 18.5 Å². The van der Waals surface area contributed by atoms with Crippen LogP contribution in [0.25, 0.3) is 0 Å². The first kappa shape index (κ1) is 18.4. The van der Waals surface area contributed by atoms with Gasteiger partial charge in [0.1, 0.15) is 11.7 Å². The van der Waals surface area contributed by atoms with E-state index in [-0.39, 0.29) is 5.91 Å². The first-order chi connectivity index (χ1) is 14.1. The molecule has 0 aromatic heterocycles. The van der Waals surface area contributed by atoms with Crippen LogP contribution in [-0.4, -0.2) is 29.3 Å². The van der Waals surface area contributed by atoms with Crippen LogP contribution in [0, 0.1) is 0 Å². The molecule has 144 valence electrons. The Labute approximate surface area is 167 Å². The van der Waals surface area contributed by atoms with Gasteiger partial charge >= 0.3 is 5.97 Å². The van der Waals surface area contributed by atoms with Crippen LogP contribution in [0.1, 0.15) is 17.0 Å². The summed E-state index contributed by atoms with van der Waals surface area (Å²) in [5, 5.41) is 11.6. The predicted molar refractivity (Wildman–Crippen MR) is 110 cm³/mol. The number of fused-ring (bicyclic) bond motifs is 1. The van der Waals surface area contributed by atoms with Crippen molar-refractivity contribution in [2.75, 3.05) is 11.9 Å². The number of nitrogens with zero attached hydrogens (tertiary/aromatic N) is 1. The second-order valence-electron chi connectivity index (χ2n) is 6.55. The van der Waals surface area contributed by atoms with Crippen molar-refractivity contribution in [3.63, 3.8) is 0 Å². The minimum Gasteiger partial charge on any atom is -0.482 e. The molecule has 1 aliphatic rings. The van der Waals surface area contributed by atoms with E-state index in [0.29, 0.717) is 17.1 Å². The van der Waals surface area contributed by atoms with Crippen molar-refractivity contribution in [2.45, 2.75) is 5.92 Å². The van der Waals surface area contributed by atoms with Crippen molar-refractivity contribution >= 4 is 29.0 Å². The Kier molecular flexibility index (Phi) is 5.07. The molecule has 2 N–H and O–H groups in total. The molecule has 1 atom stereocenters. The van der Waals surface area contributed by atoms with Gasteiger partial charge in [-0.05, 0) is 41.5 Å². The van der Waals surface area contributed by atoms with Gasteiger partial charge in [-0.2, -0.15) is 0 Å². The van der Waals surface area contributed by atoms with Crippen LogP contribution in [-0.2, 0) is 9.59 Å². The van der Waals surface area contributed by atoms with Crippen molar-refractivity contribution in [1.29, 1.82) is 0 Å². The number of aliphatic imine (C=N–C) groups is 1.